The molecule has 0 radical (unpaired) electrons. The molecule has 1 atom stereocenters. The second-order valence-electron chi connectivity index (χ2n) is 8.81. The first kappa shape index (κ1) is 23.4. The van der Waals surface area contributed by atoms with Gasteiger partial charge >= 0.3 is 0 Å². The lowest BCUT2D eigenvalue weighted by Gasteiger charge is -2.32. The van der Waals surface area contributed by atoms with Crippen molar-refractivity contribution in [2.75, 3.05) is 0 Å². The summed E-state index contributed by atoms with van der Waals surface area (Å²) in [5, 5.41) is 17.1. The fraction of sp³-hybridized carbons (Fsp3) is 0.348. The number of thiophene rings is 1. The van der Waals surface area contributed by atoms with E-state index in [9.17, 15) is 9.59 Å². The lowest BCUT2D eigenvalue weighted by Crippen LogP contribution is -2.49. The van der Waals surface area contributed by atoms with Crippen molar-refractivity contribution in [1.82, 2.24) is 30.4 Å². The molecule has 2 amide bonds. The number of aromatic nitrogens is 4. The van der Waals surface area contributed by atoms with Crippen molar-refractivity contribution in [2.45, 2.75) is 52.4 Å². The Morgan fingerprint density at radius 2 is 2.03 bits per heavy atom. The Kier molecular flexibility index (Phi) is 6.64. The lowest BCUT2D eigenvalue weighted by molar-refractivity contribution is -0.143. The van der Waals surface area contributed by atoms with Crippen LogP contribution in [0.4, 0.5) is 0 Å². The monoisotopic (exact) mass is 482 g/mol. The predicted octanol–water partition coefficient (Wildman–Crippen LogP) is 3.58. The lowest BCUT2D eigenvalue weighted by atomic mass is 10.1. The van der Waals surface area contributed by atoms with E-state index in [-0.39, 0.29) is 30.7 Å². The standard InChI is InChI=1S/C23H26N6O4S/c1-15-9-10-17(33-15)21-25-27-29(26-21)14-19(30)28(13-16-7-5-11-32-16)20(18-8-6-12-34-18)22(31)24-23(2,3)4/h5-12,20H,13-14H2,1-4H3,(H,24,31)/t20-/m0/s1. The van der Waals surface area contributed by atoms with Gasteiger partial charge in [0.1, 0.15) is 24.1 Å². The van der Waals surface area contributed by atoms with E-state index in [1.165, 1.54) is 27.3 Å². The van der Waals surface area contributed by atoms with Gasteiger partial charge in [0.05, 0.1) is 12.8 Å². The Balaban J connectivity index is 1.63. The van der Waals surface area contributed by atoms with Gasteiger partial charge in [0.25, 0.3) is 0 Å². The maximum atomic E-state index is 13.6. The molecule has 178 valence electrons. The van der Waals surface area contributed by atoms with Gasteiger partial charge in [0, 0.05) is 10.4 Å². The van der Waals surface area contributed by atoms with Gasteiger partial charge in [-0.15, -0.1) is 21.5 Å². The van der Waals surface area contributed by atoms with E-state index in [1.54, 1.807) is 24.3 Å². The fourth-order valence-electron chi connectivity index (χ4n) is 3.38. The Hall–Kier alpha value is -3.73. The molecular formula is C23H26N6O4S. The number of carbonyl (C=O) groups excluding carboxylic acids is 2. The number of amides is 2. The summed E-state index contributed by atoms with van der Waals surface area (Å²) in [5.74, 6) is 1.36. The van der Waals surface area contributed by atoms with Gasteiger partial charge in [-0.25, -0.2) is 0 Å². The quantitative estimate of drug-likeness (QED) is 0.408. The van der Waals surface area contributed by atoms with Gasteiger partial charge in [-0.05, 0) is 68.6 Å². The summed E-state index contributed by atoms with van der Waals surface area (Å²) >= 11 is 1.41. The van der Waals surface area contributed by atoms with Crippen LogP contribution in [0.2, 0.25) is 0 Å². The van der Waals surface area contributed by atoms with E-state index in [0.29, 0.717) is 11.5 Å². The maximum absolute atomic E-state index is 13.6. The number of hydrogen-bond acceptors (Lipinski definition) is 8. The number of tetrazole rings is 1. The summed E-state index contributed by atoms with van der Waals surface area (Å²) in [7, 11) is 0. The van der Waals surface area contributed by atoms with Crippen molar-refractivity contribution in [3.8, 4) is 11.6 Å². The fourth-order valence-corrected chi connectivity index (χ4v) is 4.21. The second kappa shape index (κ2) is 9.64. The van der Waals surface area contributed by atoms with Crippen LogP contribution < -0.4 is 5.32 Å². The zero-order valence-electron chi connectivity index (χ0n) is 19.4. The molecule has 0 fully saturated rings. The van der Waals surface area contributed by atoms with E-state index in [1.807, 2.05) is 45.2 Å². The third-order valence-electron chi connectivity index (χ3n) is 4.79. The Morgan fingerprint density at radius 1 is 1.21 bits per heavy atom. The Morgan fingerprint density at radius 3 is 2.65 bits per heavy atom. The van der Waals surface area contributed by atoms with Gasteiger partial charge in [-0.1, -0.05) is 6.07 Å². The third kappa shape index (κ3) is 5.60. The topological polar surface area (TPSA) is 119 Å². The molecular weight excluding hydrogens is 456 g/mol. The molecule has 10 nitrogen and oxygen atoms in total. The largest absolute Gasteiger partial charge is 0.467 e. The molecule has 1 N–H and O–H groups in total. The van der Waals surface area contributed by atoms with Gasteiger partial charge < -0.3 is 19.1 Å². The molecule has 11 heteroatoms. The summed E-state index contributed by atoms with van der Waals surface area (Å²) in [6, 6.07) is 9.88. The number of nitrogens with zero attached hydrogens (tertiary/aromatic N) is 5. The Labute approximate surface area is 200 Å². The first-order chi connectivity index (χ1) is 16.2. The Bertz CT molecular complexity index is 1240. The molecule has 0 bridgehead atoms. The zero-order valence-corrected chi connectivity index (χ0v) is 20.2. The molecule has 0 saturated heterocycles. The van der Waals surface area contributed by atoms with E-state index >= 15 is 0 Å². The van der Waals surface area contributed by atoms with Gasteiger partial charge in [0.15, 0.2) is 5.76 Å². The van der Waals surface area contributed by atoms with Crippen molar-refractivity contribution in [1.29, 1.82) is 0 Å². The van der Waals surface area contributed by atoms with Crippen LogP contribution in [0.1, 0.15) is 43.2 Å². The van der Waals surface area contributed by atoms with Gasteiger partial charge in [-0.2, -0.15) is 4.80 Å². The van der Waals surface area contributed by atoms with Crippen molar-refractivity contribution >= 4 is 23.2 Å². The third-order valence-corrected chi connectivity index (χ3v) is 5.71. The molecule has 0 aromatic carbocycles. The molecule has 4 heterocycles. The molecule has 0 spiro atoms. The minimum atomic E-state index is -0.854. The first-order valence-corrected chi connectivity index (χ1v) is 11.6. The van der Waals surface area contributed by atoms with Crippen LogP contribution in [-0.4, -0.2) is 42.5 Å². The van der Waals surface area contributed by atoms with Gasteiger partial charge in [-0.3, -0.25) is 9.59 Å². The van der Waals surface area contributed by atoms with Crippen molar-refractivity contribution in [3.05, 3.63) is 64.4 Å². The molecule has 4 aromatic rings. The van der Waals surface area contributed by atoms with Gasteiger partial charge in [0.2, 0.25) is 17.6 Å². The SMILES string of the molecule is Cc1ccc(-c2nnn(CC(=O)N(Cc3ccco3)[C@H](C(=O)NC(C)(C)C)c3cccs3)n2)o1. The maximum Gasteiger partial charge on any atom is 0.248 e. The molecule has 0 saturated carbocycles. The highest BCUT2D eigenvalue weighted by atomic mass is 32.1. The van der Waals surface area contributed by atoms with Crippen molar-refractivity contribution in [2.24, 2.45) is 0 Å². The van der Waals surface area contributed by atoms with E-state index in [2.05, 4.69) is 20.7 Å². The normalized spacial score (nSPS) is 12.5. The molecule has 0 aliphatic rings. The number of rotatable bonds is 8. The molecule has 0 aliphatic heterocycles. The minimum Gasteiger partial charge on any atom is -0.467 e. The zero-order chi connectivity index (χ0) is 24.3. The molecule has 0 aliphatic carbocycles. The molecule has 34 heavy (non-hydrogen) atoms. The smallest absolute Gasteiger partial charge is 0.248 e. The summed E-state index contributed by atoms with van der Waals surface area (Å²) in [5.41, 5.74) is -0.477. The van der Waals surface area contributed by atoms with Crippen molar-refractivity contribution in [3.63, 3.8) is 0 Å². The van der Waals surface area contributed by atoms with Crippen molar-refractivity contribution < 1.29 is 18.4 Å². The van der Waals surface area contributed by atoms with Crippen LogP contribution in [0.3, 0.4) is 0 Å². The average molecular weight is 483 g/mol. The summed E-state index contributed by atoms with van der Waals surface area (Å²) in [4.78, 5) is 30.3. The van der Waals surface area contributed by atoms with Crippen LogP contribution in [0, 0.1) is 6.92 Å². The summed E-state index contributed by atoms with van der Waals surface area (Å²) in [6.07, 6.45) is 1.53. The van der Waals surface area contributed by atoms with Crippen LogP contribution in [0.25, 0.3) is 11.6 Å². The van der Waals surface area contributed by atoms with Crippen LogP contribution in [0.15, 0.2) is 56.9 Å². The minimum absolute atomic E-state index is 0.102. The summed E-state index contributed by atoms with van der Waals surface area (Å²) < 4.78 is 11.0. The highest BCUT2D eigenvalue weighted by Crippen LogP contribution is 2.28. The van der Waals surface area contributed by atoms with E-state index < -0.39 is 11.6 Å². The number of furan rings is 2. The first-order valence-electron chi connectivity index (χ1n) is 10.7. The summed E-state index contributed by atoms with van der Waals surface area (Å²) in [6.45, 7) is 7.39. The molecule has 4 aromatic heterocycles. The highest BCUT2D eigenvalue weighted by Gasteiger charge is 2.35. The predicted molar refractivity (Wildman–Crippen MR) is 124 cm³/mol. The van der Waals surface area contributed by atoms with Crippen LogP contribution >= 0.6 is 11.3 Å². The number of hydrogen-bond donors (Lipinski definition) is 1. The number of aryl methyl sites for hydroxylation is 1. The molecule has 0 unspecified atom stereocenters. The second-order valence-corrected chi connectivity index (χ2v) is 9.79. The average Bonchev–Trinajstić information content (AvgIpc) is 3.55. The van der Waals surface area contributed by atoms with Crippen LogP contribution in [-0.2, 0) is 22.7 Å². The van der Waals surface area contributed by atoms with E-state index in [0.717, 1.165) is 10.6 Å². The number of nitrogens with one attached hydrogen (secondary N) is 1. The molecule has 4 rings (SSSR count). The highest BCUT2D eigenvalue weighted by molar-refractivity contribution is 7.10. The van der Waals surface area contributed by atoms with E-state index in [4.69, 9.17) is 8.83 Å². The number of carbonyl (C=O) groups is 2. The van der Waals surface area contributed by atoms with Crippen LogP contribution in [0.5, 0.6) is 0 Å².